The van der Waals surface area contributed by atoms with Gasteiger partial charge in [-0.1, -0.05) is 6.07 Å². The number of benzene rings is 2. The summed E-state index contributed by atoms with van der Waals surface area (Å²) >= 11 is 1.52. The molecule has 3 aromatic rings. The van der Waals surface area contributed by atoms with Crippen molar-refractivity contribution in [2.75, 3.05) is 17.3 Å². The summed E-state index contributed by atoms with van der Waals surface area (Å²) < 4.78 is 34.8. The van der Waals surface area contributed by atoms with Gasteiger partial charge in [-0.25, -0.2) is 13.2 Å². The van der Waals surface area contributed by atoms with Crippen molar-refractivity contribution in [3.63, 3.8) is 0 Å². The van der Waals surface area contributed by atoms with Crippen LogP contribution in [0, 0.1) is 13.8 Å². The molecule has 1 atom stereocenters. The molecule has 1 aromatic heterocycles. The van der Waals surface area contributed by atoms with E-state index in [4.69, 9.17) is 4.42 Å². The van der Waals surface area contributed by atoms with Crippen LogP contribution in [0.5, 0.6) is 0 Å². The number of nitrogens with zero attached hydrogens (tertiary/aromatic N) is 1. The monoisotopic (exact) mass is 463 g/mol. The second-order valence-electron chi connectivity index (χ2n) is 7.38. The highest BCUT2D eigenvalue weighted by atomic mass is 32.2. The van der Waals surface area contributed by atoms with E-state index >= 15 is 0 Å². The first-order chi connectivity index (χ1) is 14.6. The third-order valence-corrected chi connectivity index (χ3v) is 6.90. The summed E-state index contributed by atoms with van der Waals surface area (Å²) in [6.45, 7) is 3.85. The van der Waals surface area contributed by atoms with E-state index in [1.165, 1.54) is 41.6 Å². The third kappa shape index (κ3) is 5.38. The minimum Gasteiger partial charge on any atom is -0.408 e. The van der Waals surface area contributed by atoms with Gasteiger partial charge < -0.3 is 9.73 Å². The number of carbonyl (C=O) groups excluding carboxylic acids is 1. The Balaban J connectivity index is 1.86. The second-order valence-corrected chi connectivity index (χ2v) is 10.1. The van der Waals surface area contributed by atoms with E-state index in [2.05, 4.69) is 10.0 Å². The van der Waals surface area contributed by atoms with Gasteiger partial charge in [0.15, 0.2) is 5.58 Å². The van der Waals surface area contributed by atoms with Gasteiger partial charge in [-0.2, -0.15) is 16.5 Å². The van der Waals surface area contributed by atoms with Gasteiger partial charge in [-0.3, -0.25) is 9.36 Å². The third-order valence-electron chi connectivity index (χ3n) is 4.79. The van der Waals surface area contributed by atoms with Crippen molar-refractivity contribution in [2.45, 2.75) is 31.2 Å². The average Bonchev–Trinajstić information content (AvgIpc) is 2.97. The predicted octanol–water partition coefficient (Wildman–Crippen LogP) is 2.79. The Bertz CT molecular complexity index is 1260. The van der Waals surface area contributed by atoms with Crippen LogP contribution in [-0.4, -0.2) is 36.9 Å². The minimum absolute atomic E-state index is 0.0808. The molecule has 8 nitrogen and oxygen atoms in total. The molecular formula is C21H25N3O5S2. The Morgan fingerprint density at radius 1 is 1.16 bits per heavy atom. The molecule has 0 saturated carbocycles. The fourth-order valence-corrected chi connectivity index (χ4v) is 5.01. The number of amides is 1. The van der Waals surface area contributed by atoms with Crippen molar-refractivity contribution in [1.82, 2.24) is 9.29 Å². The van der Waals surface area contributed by atoms with E-state index in [1.807, 2.05) is 38.3 Å². The van der Waals surface area contributed by atoms with Crippen molar-refractivity contribution in [2.24, 2.45) is 7.05 Å². The maximum absolute atomic E-state index is 13.0. The molecule has 1 amide bonds. The molecule has 0 aliphatic heterocycles. The van der Waals surface area contributed by atoms with Crippen LogP contribution >= 0.6 is 11.8 Å². The molecule has 0 spiro atoms. The summed E-state index contributed by atoms with van der Waals surface area (Å²) in [6, 6.07) is 8.85. The molecule has 3 rings (SSSR count). The molecule has 1 heterocycles. The Hall–Kier alpha value is -2.56. The van der Waals surface area contributed by atoms with Gasteiger partial charge in [0, 0.05) is 18.8 Å². The maximum Gasteiger partial charge on any atom is 0.419 e. The second kappa shape index (κ2) is 9.29. The number of aromatic nitrogens is 1. The Morgan fingerprint density at radius 3 is 2.48 bits per heavy atom. The highest BCUT2D eigenvalue weighted by Crippen LogP contribution is 2.19. The molecule has 1 unspecified atom stereocenters. The lowest BCUT2D eigenvalue weighted by Crippen LogP contribution is -2.44. The van der Waals surface area contributed by atoms with E-state index in [1.54, 1.807) is 0 Å². The average molecular weight is 464 g/mol. The smallest absolute Gasteiger partial charge is 0.408 e. The van der Waals surface area contributed by atoms with Crippen LogP contribution in [-0.2, 0) is 21.9 Å². The number of carbonyl (C=O) groups is 1. The van der Waals surface area contributed by atoms with Gasteiger partial charge >= 0.3 is 5.76 Å². The molecule has 31 heavy (non-hydrogen) atoms. The first kappa shape index (κ1) is 23.1. The summed E-state index contributed by atoms with van der Waals surface area (Å²) in [7, 11) is -2.49. The molecule has 10 heteroatoms. The fraction of sp³-hybridized carbons (Fsp3) is 0.333. The van der Waals surface area contributed by atoms with E-state index in [0.29, 0.717) is 23.4 Å². The SMILES string of the molecule is CSCCC(NS(=O)(=O)c1ccc2c(c1)oc(=O)n2C)C(=O)Nc1cc(C)cc(C)c1. The molecule has 0 saturated heterocycles. The first-order valence-corrected chi connectivity index (χ1v) is 12.5. The number of sulfonamides is 1. The minimum atomic E-state index is -4.03. The zero-order valence-corrected chi connectivity index (χ0v) is 19.4. The largest absolute Gasteiger partial charge is 0.419 e. The molecule has 0 aliphatic carbocycles. The molecule has 0 bridgehead atoms. The van der Waals surface area contributed by atoms with Gasteiger partial charge in [-0.05, 0) is 67.7 Å². The fourth-order valence-electron chi connectivity index (χ4n) is 3.29. The Morgan fingerprint density at radius 2 is 1.84 bits per heavy atom. The molecular weight excluding hydrogens is 438 g/mol. The van der Waals surface area contributed by atoms with Crippen molar-refractivity contribution in [1.29, 1.82) is 0 Å². The predicted molar refractivity (Wildman–Crippen MR) is 123 cm³/mol. The zero-order chi connectivity index (χ0) is 22.8. The lowest BCUT2D eigenvalue weighted by atomic mass is 10.1. The molecule has 0 radical (unpaired) electrons. The number of nitrogens with one attached hydrogen (secondary N) is 2. The molecule has 0 aliphatic rings. The summed E-state index contributed by atoms with van der Waals surface area (Å²) in [4.78, 5) is 24.5. The molecule has 166 valence electrons. The van der Waals surface area contributed by atoms with Crippen LogP contribution in [0.1, 0.15) is 17.5 Å². The van der Waals surface area contributed by atoms with Crippen LogP contribution in [0.15, 0.2) is 50.5 Å². The van der Waals surface area contributed by atoms with Crippen molar-refractivity contribution in [3.05, 3.63) is 58.1 Å². The number of fused-ring (bicyclic) bond motifs is 1. The van der Waals surface area contributed by atoms with E-state index in [0.717, 1.165) is 11.1 Å². The van der Waals surface area contributed by atoms with Gasteiger partial charge in [-0.15, -0.1) is 0 Å². The van der Waals surface area contributed by atoms with Gasteiger partial charge in [0.25, 0.3) is 0 Å². The number of hydrogen-bond acceptors (Lipinski definition) is 6. The van der Waals surface area contributed by atoms with Gasteiger partial charge in [0.05, 0.1) is 10.4 Å². The topological polar surface area (TPSA) is 110 Å². The summed E-state index contributed by atoms with van der Waals surface area (Å²) in [5.74, 6) is -0.418. The highest BCUT2D eigenvalue weighted by Gasteiger charge is 2.26. The summed E-state index contributed by atoms with van der Waals surface area (Å²) in [5, 5.41) is 2.81. The maximum atomic E-state index is 13.0. The number of rotatable bonds is 8. The number of anilines is 1. The number of thioether (sulfide) groups is 1. The van der Waals surface area contributed by atoms with E-state index in [-0.39, 0.29) is 10.5 Å². The summed E-state index contributed by atoms with van der Waals surface area (Å²) in [6.07, 6.45) is 2.21. The van der Waals surface area contributed by atoms with Gasteiger partial charge in [0.1, 0.15) is 6.04 Å². The first-order valence-electron chi connectivity index (χ1n) is 9.61. The van der Waals surface area contributed by atoms with Crippen molar-refractivity contribution in [3.8, 4) is 0 Å². The van der Waals surface area contributed by atoms with Crippen LogP contribution in [0.25, 0.3) is 11.1 Å². The Kier molecular flexibility index (Phi) is 6.93. The molecule has 0 fully saturated rings. The van der Waals surface area contributed by atoms with Crippen LogP contribution in [0.2, 0.25) is 0 Å². The van der Waals surface area contributed by atoms with Crippen LogP contribution < -0.4 is 15.8 Å². The Labute approximate surface area is 185 Å². The van der Waals surface area contributed by atoms with E-state index in [9.17, 15) is 18.0 Å². The van der Waals surface area contributed by atoms with E-state index < -0.39 is 27.7 Å². The lowest BCUT2D eigenvalue weighted by Gasteiger charge is -2.19. The molecule has 2 N–H and O–H groups in total. The zero-order valence-electron chi connectivity index (χ0n) is 17.8. The molecule has 2 aromatic carbocycles. The van der Waals surface area contributed by atoms with Crippen molar-refractivity contribution < 1.29 is 17.6 Å². The lowest BCUT2D eigenvalue weighted by molar-refractivity contribution is -0.117. The number of aryl methyl sites for hydroxylation is 3. The quantitative estimate of drug-likeness (QED) is 0.532. The van der Waals surface area contributed by atoms with Gasteiger partial charge in [0.2, 0.25) is 15.9 Å². The summed E-state index contributed by atoms with van der Waals surface area (Å²) in [5.41, 5.74) is 3.25. The van der Waals surface area contributed by atoms with Crippen LogP contribution in [0.4, 0.5) is 5.69 Å². The standard InChI is InChI=1S/C21H25N3O5S2/c1-13-9-14(2)11-15(10-13)22-20(25)17(7-8-30-4)23-31(27,28)16-5-6-18-19(12-16)29-21(26)24(18)3/h5-6,9-12,17,23H,7-8H2,1-4H3,(H,22,25). The normalized spacial score (nSPS) is 12.8. The van der Waals surface area contributed by atoms with Crippen molar-refractivity contribution >= 4 is 44.5 Å². The number of oxazole rings is 1. The highest BCUT2D eigenvalue weighted by molar-refractivity contribution is 7.98. The van der Waals surface area contributed by atoms with Crippen LogP contribution in [0.3, 0.4) is 0 Å². The number of hydrogen-bond donors (Lipinski definition) is 2.